The molecule has 0 aliphatic carbocycles. The quantitative estimate of drug-likeness (QED) is 0.420. The van der Waals surface area contributed by atoms with Crippen LogP contribution in [0.2, 0.25) is 0 Å². The molecular formula is C12H30O6Ti-6. The van der Waals surface area contributed by atoms with Crippen LogP contribution in [0.5, 0.6) is 0 Å². The molecule has 0 amide bonds. The monoisotopic (exact) mass is 318 g/mol. The number of hydrogen-bond acceptors (Lipinski definition) is 6. The van der Waals surface area contributed by atoms with E-state index >= 15 is 0 Å². The van der Waals surface area contributed by atoms with Gasteiger partial charge in [0.2, 0.25) is 0 Å². The van der Waals surface area contributed by atoms with Crippen molar-refractivity contribution in [3.05, 3.63) is 0 Å². The third kappa shape index (κ3) is 22300. The summed E-state index contributed by atoms with van der Waals surface area (Å²) >= 11 is 0. The minimum absolute atomic E-state index is 0. The van der Waals surface area contributed by atoms with Crippen LogP contribution in [0.25, 0.3) is 0 Å². The predicted octanol–water partition coefficient (Wildman–Crippen LogP) is -3.80. The zero-order valence-corrected chi connectivity index (χ0v) is 14.8. The van der Waals surface area contributed by atoms with Gasteiger partial charge in [-0.15, -0.1) is 39.6 Å². The van der Waals surface area contributed by atoms with Gasteiger partial charge in [-0.25, -0.2) is 0 Å². The summed E-state index contributed by atoms with van der Waals surface area (Å²) in [4.78, 5) is 0. The molecule has 6 nitrogen and oxygen atoms in total. The van der Waals surface area contributed by atoms with Crippen LogP contribution >= 0.6 is 0 Å². The summed E-state index contributed by atoms with van der Waals surface area (Å²) in [5, 5.41) is 53.6. The Morgan fingerprint density at radius 3 is 0.368 bits per heavy atom. The molecule has 0 aliphatic rings. The van der Waals surface area contributed by atoms with E-state index in [9.17, 15) is 0 Å². The number of rotatable bonds is 0. The molecule has 0 fully saturated rings. The van der Waals surface area contributed by atoms with Crippen LogP contribution < -0.4 is 30.6 Å². The molecule has 0 aromatic carbocycles. The second-order valence-corrected chi connectivity index (χ2v) is 1.73. The Morgan fingerprint density at radius 1 is 0.368 bits per heavy atom. The minimum Gasteiger partial charge on any atom is -0.855 e. The fourth-order valence-corrected chi connectivity index (χ4v) is 0. The van der Waals surface area contributed by atoms with Crippen LogP contribution in [0.1, 0.15) is 41.5 Å². The molecular weight excluding hydrogens is 288 g/mol. The largest absolute Gasteiger partial charge is 0.855 e. The van der Waals surface area contributed by atoms with Crippen LogP contribution in [0.4, 0.5) is 0 Å². The summed E-state index contributed by atoms with van der Waals surface area (Å²) in [6.45, 7) is 9.42. The second kappa shape index (κ2) is 135. The van der Waals surface area contributed by atoms with E-state index in [1.54, 1.807) is 41.5 Å². The third-order valence-electron chi connectivity index (χ3n) is 0. The zero-order chi connectivity index (χ0) is 16.2. The third-order valence-corrected chi connectivity index (χ3v) is 0. The average molecular weight is 318 g/mol. The molecule has 0 heterocycles. The van der Waals surface area contributed by atoms with Crippen molar-refractivity contribution in [2.24, 2.45) is 0 Å². The molecule has 0 radical (unpaired) electrons. The Balaban J connectivity index is -0.0000000180. The van der Waals surface area contributed by atoms with Crippen LogP contribution in [0.3, 0.4) is 0 Å². The van der Waals surface area contributed by atoms with Gasteiger partial charge in [-0.05, 0) is 0 Å². The summed E-state index contributed by atoms with van der Waals surface area (Å²) in [5.74, 6) is 0. The smallest absolute Gasteiger partial charge is 0 e. The summed E-state index contributed by atoms with van der Waals surface area (Å²) in [7, 11) is 0. The van der Waals surface area contributed by atoms with E-state index in [0.29, 0.717) is 0 Å². The first kappa shape index (κ1) is 42.7. The first-order valence-electron chi connectivity index (χ1n) is 5.97. The Morgan fingerprint density at radius 2 is 0.368 bits per heavy atom. The van der Waals surface area contributed by atoms with Crippen molar-refractivity contribution >= 4 is 0 Å². The average Bonchev–Trinajstić information content (AvgIpc) is 2.23. The van der Waals surface area contributed by atoms with Gasteiger partial charge in [-0.2, -0.15) is 0 Å². The molecule has 0 N–H and O–H groups in total. The molecule has 0 spiro atoms. The maximum Gasteiger partial charge on any atom is 0 e. The molecule has 0 saturated heterocycles. The topological polar surface area (TPSA) is 138 Å². The zero-order valence-electron chi connectivity index (χ0n) is 13.2. The van der Waals surface area contributed by atoms with Gasteiger partial charge in [-0.1, -0.05) is 41.5 Å². The maximum absolute atomic E-state index is 8.93. The first-order valence-corrected chi connectivity index (χ1v) is 5.97. The van der Waals surface area contributed by atoms with Crippen LogP contribution in [0.15, 0.2) is 0 Å². The van der Waals surface area contributed by atoms with Crippen LogP contribution in [-0.4, -0.2) is 39.6 Å². The van der Waals surface area contributed by atoms with Crippen LogP contribution in [0, 0.1) is 0 Å². The Kier molecular flexibility index (Phi) is 303. The molecule has 19 heavy (non-hydrogen) atoms. The van der Waals surface area contributed by atoms with Crippen molar-refractivity contribution in [2.75, 3.05) is 39.6 Å². The predicted molar refractivity (Wildman–Crippen MR) is 63.2 cm³/mol. The van der Waals surface area contributed by atoms with E-state index in [2.05, 4.69) is 0 Å². The van der Waals surface area contributed by atoms with E-state index in [4.69, 9.17) is 30.6 Å². The molecule has 7 heteroatoms. The summed E-state index contributed by atoms with van der Waals surface area (Å²) in [6.07, 6.45) is 0. The van der Waals surface area contributed by atoms with Gasteiger partial charge in [0, 0.05) is 21.7 Å². The van der Waals surface area contributed by atoms with Gasteiger partial charge >= 0.3 is 0 Å². The van der Waals surface area contributed by atoms with Gasteiger partial charge in [0.05, 0.1) is 0 Å². The molecule has 0 saturated carbocycles. The van der Waals surface area contributed by atoms with E-state index in [0.717, 1.165) is 0 Å². The minimum atomic E-state index is 0. The fourth-order valence-electron chi connectivity index (χ4n) is 0. The van der Waals surface area contributed by atoms with Crippen molar-refractivity contribution in [1.82, 2.24) is 0 Å². The molecule has 0 aromatic heterocycles. The Labute approximate surface area is 134 Å². The van der Waals surface area contributed by atoms with E-state index in [1.165, 1.54) is 0 Å². The summed E-state index contributed by atoms with van der Waals surface area (Å²) in [5.41, 5.74) is 0. The Bertz CT molecular complexity index is 37.7. The standard InChI is InChI=1S/6C2H5O.Ti/c6*1-2-3;/h6*2H2,1H3;/q6*-1;. The maximum atomic E-state index is 8.93. The molecule has 0 atom stereocenters. The van der Waals surface area contributed by atoms with Gasteiger partial charge in [0.1, 0.15) is 0 Å². The van der Waals surface area contributed by atoms with E-state index < -0.39 is 0 Å². The molecule has 0 unspecified atom stereocenters. The van der Waals surface area contributed by atoms with Crippen molar-refractivity contribution in [1.29, 1.82) is 0 Å². The van der Waals surface area contributed by atoms with Crippen molar-refractivity contribution in [2.45, 2.75) is 41.5 Å². The molecule has 124 valence electrons. The van der Waals surface area contributed by atoms with Gasteiger partial charge in [0.25, 0.3) is 0 Å². The molecule has 0 bridgehead atoms. The summed E-state index contributed by atoms with van der Waals surface area (Å²) < 4.78 is 0. The Hall–Kier alpha value is 0.474. The van der Waals surface area contributed by atoms with Crippen molar-refractivity contribution in [3.63, 3.8) is 0 Å². The number of hydrogen-bond donors (Lipinski definition) is 0. The summed E-state index contributed by atoms with van der Waals surface area (Å²) in [6, 6.07) is 0. The van der Waals surface area contributed by atoms with Gasteiger partial charge in [-0.3, -0.25) is 0 Å². The van der Waals surface area contributed by atoms with E-state index in [1.807, 2.05) is 0 Å². The van der Waals surface area contributed by atoms with E-state index in [-0.39, 0.29) is 61.4 Å². The molecule has 0 aliphatic heterocycles. The van der Waals surface area contributed by atoms with Gasteiger partial charge < -0.3 is 30.6 Å². The molecule has 0 aromatic rings. The van der Waals surface area contributed by atoms with Crippen molar-refractivity contribution < 1.29 is 52.4 Å². The van der Waals surface area contributed by atoms with Crippen LogP contribution in [-0.2, 0) is 21.7 Å². The van der Waals surface area contributed by atoms with Gasteiger partial charge in [0.15, 0.2) is 0 Å². The molecule has 0 rings (SSSR count). The normalized spacial score (nSPS) is 5.68. The SMILES string of the molecule is CC[O-].CC[O-].CC[O-].CC[O-].CC[O-].CC[O-].[Ti]. The second-order valence-electron chi connectivity index (χ2n) is 1.73. The fraction of sp³-hybridized carbons (Fsp3) is 1.00. The van der Waals surface area contributed by atoms with Crippen molar-refractivity contribution in [3.8, 4) is 0 Å². The first-order chi connectivity index (χ1) is 8.49.